The van der Waals surface area contributed by atoms with Crippen molar-refractivity contribution in [3.63, 3.8) is 0 Å². The Labute approximate surface area is 375 Å². The van der Waals surface area contributed by atoms with E-state index < -0.39 is 17.8 Å². The summed E-state index contributed by atoms with van der Waals surface area (Å²) in [5.74, 6) is -1.46. The average molecular weight is 876 g/mol. The summed E-state index contributed by atoms with van der Waals surface area (Å²) in [5, 5.41) is 0.507. The van der Waals surface area contributed by atoms with Crippen LogP contribution in [-0.4, -0.2) is 38.7 Å². The molecule has 0 aliphatic heterocycles. The molecule has 62 heavy (non-hydrogen) atoms. The molecule has 7 rings (SSSR count). The van der Waals surface area contributed by atoms with E-state index in [1.807, 2.05) is 36.4 Å². The number of aromatic nitrogens is 4. The number of benzene rings is 4. The van der Waals surface area contributed by atoms with E-state index in [0.29, 0.717) is 16.3 Å². The fraction of sp³-hybridized carbons (Fsp3) is 0.235. The van der Waals surface area contributed by atoms with E-state index in [1.165, 1.54) is 56.9 Å². The summed E-state index contributed by atoms with van der Waals surface area (Å²) in [6, 6.07) is 33.1. The van der Waals surface area contributed by atoms with Crippen molar-refractivity contribution in [2.45, 2.75) is 81.4 Å². The van der Waals surface area contributed by atoms with Crippen molar-refractivity contribution in [1.29, 1.82) is 0 Å². The molecule has 322 valence electrons. The molecule has 0 spiro atoms. The van der Waals surface area contributed by atoms with Gasteiger partial charge in [-0.05, 0) is 116 Å². The lowest BCUT2D eigenvalue weighted by molar-refractivity contribution is -0.595. The number of nitrogens with zero attached hydrogens (tertiary/aromatic N) is 4. The van der Waals surface area contributed by atoms with Crippen molar-refractivity contribution in [1.82, 2.24) is 14.5 Å². The van der Waals surface area contributed by atoms with Crippen LogP contribution in [0.25, 0.3) is 33.9 Å². The van der Waals surface area contributed by atoms with Crippen LogP contribution in [0.15, 0.2) is 128 Å². The third kappa shape index (κ3) is 12.7. The van der Waals surface area contributed by atoms with E-state index >= 15 is 0 Å². The Morgan fingerprint density at radius 1 is 0.629 bits per heavy atom. The summed E-state index contributed by atoms with van der Waals surface area (Å²) in [4.78, 5) is 31.9. The number of halogens is 3. The van der Waals surface area contributed by atoms with E-state index in [1.54, 1.807) is 64.1 Å². The smallest absolute Gasteiger partial charge is 0.357 e. The van der Waals surface area contributed by atoms with Gasteiger partial charge >= 0.3 is 11.9 Å². The largest absolute Gasteiger partial charge is 1.00 e. The molecule has 0 amide bonds. The standard InChI is InChI=1S/C21H25N2.C15H14ClNO2.C15H14FNO2.ClH/c1-14-9-16(3)20(17(4)10-14)22-7-8-23(13-22)21-18(5)11-15(2)12-19(21)6;2*1-10(2)19-15(18)13-9-8-12(16)14(17-13)11-6-4-3-5-7-11;/h7-13H,1-6H3;2*3-10H,1-2H3;1H/q+1;;;/p-1. The van der Waals surface area contributed by atoms with Crippen molar-refractivity contribution >= 4 is 23.5 Å². The van der Waals surface area contributed by atoms with Crippen LogP contribution < -0.4 is 17.0 Å². The van der Waals surface area contributed by atoms with Crippen molar-refractivity contribution in [3.05, 3.63) is 184 Å². The molecule has 3 aromatic heterocycles. The third-order valence-corrected chi connectivity index (χ3v) is 9.62. The second-order valence-electron chi connectivity index (χ2n) is 15.4. The van der Waals surface area contributed by atoms with Gasteiger partial charge in [-0.3, -0.25) is 0 Å². The molecular formula is C51H53Cl2FN4O4. The fourth-order valence-corrected chi connectivity index (χ4v) is 7.25. The van der Waals surface area contributed by atoms with Crippen molar-refractivity contribution in [2.24, 2.45) is 0 Å². The van der Waals surface area contributed by atoms with Gasteiger partial charge in [-0.1, -0.05) is 108 Å². The Morgan fingerprint density at radius 2 is 1.06 bits per heavy atom. The molecule has 0 aliphatic carbocycles. The lowest BCUT2D eigenvalue weighted by Crippen LogP contribution is -3.00. The van der Waals surface area contributed by atoms with Gasteiger partial charge in [0, 0.05) is 11.1 Å². The van der Waals surface area contributed by atoms with Crippen LogP contribution >= 0.6 is 11.6 Å². The first-order chi connectivity index (χ1) is 29.0. The first-order valence-electron chi connectivity index (χ1n) is 20.1. The van der Waals surface area contributed by atoms with Gasteiger partial charge < -0.3 is 21.9 Å². The molecule has 4 aromatic carbocycles. The number of ether oxygens (including phenoxy) is 2. The van der Waals surface area contributed by atoms with E-state index in [2.05, 4.69) is 104 Å². The highest BCUT2D eigenvalue weighted by atomic mass is 35.5. The zero-order valence-electron chi connectivity index (χ0n) is 36.8. The zero-order chi connectivity index (χ0) is 44.4. The van der Waals surface area contributed by atoms with Gasteiger partial charge in [-0.25, -0.2) is 33.1 Å². The van der Waals surface area contributed by atoms with Crippen LogP contribution in [0.1, 0.15) is 82.1 Å². The molecule has 7 aromatic rings. The minimum absolute atomic E-state index is 0. The number of imidazole rings is 1. The second kappa shape index (κ2) is 22.1. The van der Waals surface area contributed by atoms with Crippen molar-refractivity contribution in [3.8, 4) is 33.9 Å². The molecule has 11 heteroatoms. The van der Waals surface area contributed by atoms with Gasteiger partial charge in [0.15, 0.2) is 0 Å². The molecule has 0 bridgehead atoms. The van der Waals surface area contributed by atoms with Gasteiger partial charge in [0.1, 0.15) is 46.7 Å². The third-order valence-electron chi connectivity index (χ3n) is 9.31. The van der Waals surface area contributed by atoms with Crippen molar-refractivity contribution in [2.75, 3.05) is 0 Å². The van der Waals surface area contributed by atoms with Gasteiger partial charge in [0.05, 0.1) is 22.9 Å². The van der Waals surface area contributed by atoms with Crippen LogP contribution in [0.5, 0.6) is 0 Å². The first kappa shape index (κ1) is 48.5. The molecule has 8 nitrogen and oxygen atoms in total. The monoisotopic (exact) mass is 874 g/mol. The maximum absolute atomic E-state index is 13.8. The normalized spacial score (nSPS) is 10.5. The number of hydrogen-bond acceptors (Lipinski definition) is 6. The summed E-state index contributed by atoms with van der Waals surface area (Å²) in [6.07, 6.45) is 6.05. The van der Waals surface area contributed by atoms with Crippen LogP contribution in [0.2, 0.25) is 5.02 Å². The molecule has 0 unspecified atom stereocenters. The van der Waals surface area contributed by atoms with Crippen LogP contribution in [0.4, 0.5) is 4.39 Å². The second-order valence-corrected chi connectivity index (χ2v) is 15.8. The minimum Gasteiger partial charge on any atom is -1.00 e. The highest BCUT2D eigenvalue weighted by Crippen LogP contribution is 2.27. The van der Waals surface area contributed by atoms with Crippen LogP contribution in [0, 0.1) is 47.4 Å². The molecular weight excluding hydrogens is 822 g/mol. The Hall–Kier alpha value is -6.16. The van der Waals surface area contributed by atoms with Gasteiger partial charge in [-0.15, -0.1) is 0 Å². The topological polar surface area (TPSA) is 87.2 Å². The minimum atomic E-state index is -0.549. The van der Waals surface area contributed by atoms with E-state index in [-0.39, 0.29) is 41.7 Å². The first-order valence-corrected chi connectivity index (χ1v) is 20.5. The molecule has 0 fully saturated rings. The van der Waals surface area contributed by atoms with Crippen LogP contribution in [-0.2, 0) is 9.47 Å². The van der Waals surface area contributed by atoms with E-state index in [0.717, 1.165) is 5.56 Å². The summed E-state index contributed by atoms with van der Waals surface area (Å²) in [6.45, 7) is 20.1. The molecule has 0 N–H and O–H groups in total. The zero-order valence-corrected chi connectivity index (χ0v) is 38.3. The Morgan fingerprint density at radius 3 is 1.55 bits per heavy atom. The lowest BCUT2D eigenvalue weighted by atomic mass is 10.0. The summed E-state index contributed by atoms with van der Waals surface area (Å²) < 4.78 is 28.4. The Kier molecular flexibility index (Phi) is 17.3. The van der Waals surface area contributed by atoms with E-state index in [4.69, 9.17) is 21.1 Å². The summed E-state index contributed by atoms with van der Waals surface area (Å²) >= 11 is 6.13. The van der Waals surface area contributed by atoms with Gasteiger partial charge in [0.2, 0.25) is 0 Å². The SMILES string of the molecule is CC(C)OC(=O)c1ccc(Cl)c(-c2ccccc2)n1.CC(C)OC(=O)c1ccc(F)c(-c2ccccc2)n1.Cc1cc(C)c(-n2cc[n+](-c3c(C)cc(C)cc3C)c2)c(C)c1.[Cl-]. The maximum atomic E-state index is 13.8. The Bertz CT molecular complexity index is 2400. The average Bonchev–Trinajstić information content (AvgIpc) is 3.67. The maximum Gasteiger partial charge on any atom is 0.357 e. The number of aryl methyl sites for hydroxylation is 6. The molecule has 0 aliphatic rings. The highest BCUT2D eigenvalue weighted by Gasteiger charge is 2.18. The fourth-order valence-electron chi connectivity index (χ4n) is 7.04. The molecule has 0 radical (unpaired) electrons. The van der Waals surface area contributed by atoms with E-state index in [9.17, 15) is 14.0 Å². The molecule has 0 saturated carbocycles. The summed E-state index contributed by atoms with van der Waals surface area (Å²) in [7, 11) is 0. The van der Waals surface area contributed by atoms with Gasteiger partial charge in [-0.2, -0.15) is 0 Å². The number of rotatable bonds is 8. The number of hydrogen-bond donors (Lipinski definition) is 0. The highest BCUT2D eigenvalue weighted by molar-refractivity contribution is 6.33. The molecule has 3 heterocycles. The van der Waals surface area contributed by atoms with Crippen LogP contribution in [0.3, 0.4) is 0 Å². The molecule has 0 saturated heterocycles. The number of esters is 2. The quantitative estimate of drug-likeness (QED) is 0.112. The predicted molar refractivity (Wildman–Crippen MR) is 241 cm³/mol. The summed E-state index contributed by atoms with van der Waals surface area (Å²) in [5.41, 5.74) is 13.0. The number of carbonyl (C=O) groups is 2. The number of carbonyl (C=O) groups excluding carboxylic acids is 2. The predicted octanol–water partition coefficient (Wildman–Crippen LogP) is 9.03. The number of pyridine rings is 2. The van der Waals surface area contributed by atoms with Gasteiger partial charge in [0.25, 0.3) is 6.33 Å². The Balaban J connectivity index is 0.000000204. The molecule has 0 atom stereocenters. The van der Waals surface area contributed by atoms with Crippen molar-refractivity contribution < 1.29 is 40.4 Å². The lowest BCUT2D eigenvalue weighted by Gasteiger charge is -2.09.